The minimum Gasteiger partial charge on any atom is -0.123 e. The molecule has 1 heteroatoms. The fourth-order valence-corrected chi connectivity index (χ4v) is 2.44. The average Bonchev–Trinajstić information content (AvgIpc) is 1.88. The third-order valence-corrected chi connectivity index (χ3v) is 3.13. The van der Waals surface area contributed by atoms with Gasteiger partial charge < -0.3 is 0 Å². The van der Waals surface area contributed by atoms with E-state index in [9.17, 15) is 0 Å². The van der Waals surface area contributed by atoms with Crippen molar-refractivity contribution in [3.05, 3.63) is 0 Å². The average molecular weight is 161 g/mol. The summed E-state index contributed by atoms with van der Waals surface area (Å²) < 4.78 is 0. The van der Waals surface area contributed by atoms with Gasteiger partial charge >= 0.3 is 0 Å². The topological polar surface area (TPSA) is 0 Å². The van der Waals surface area contributed by atoms with Gasteiger partial charge in [0.25, 0.3) is 0 Å². The van der Waals surface area contributed by atoms with Gasteiger partial charge in [-0.25, -0.2) is 0 Å². The van der Waals surface area contributed by atoms with Crippen LogP contribution in [-0.2, 0) is 0 Å². The molecule has 1 rings (SSSR count). The SMILES string of the molecule is CC(C)C1CCCCC1Cl. The van der Waals surface area contributed by atoms with Crippen molar-refractivity contribution in [3.8, 4) is 0 Å². The molecule has 10 heavy (non-hydrogen) atoms. The van der Waals surface area contributed by atoms with Crippen LogP contribution >= 0.6 is 11.6 Å². The Kier molecular flexibility index (Phi) is 3.03. The molecule has 1 aliphatic rings. The molecule has 0 bridgehead atoms. The molecule has 0 aliphatic heterocycles. The van der Waals surface area contributed by atoms with Crippen molar-refractivity contribution in [2.24, 2.45) is 11.8 Å². The molecule has 0 aromatic rings. The molecule has 2 atom stereocenters. The summed E-state index contributed by atoms with van der Waals surface area (Å²) in [6.45, 7) is 4.57. The van der Waals surface area contributed by atoms with E-state index >= 15 is 0 Å². The van der Waals surface area contributed by atoms with E-state index in [0.717, 1.165) is 11.8 Å². The van der Waals surface area contributed by atoms with Gasteiger partial charge in [0.05, 0.1) is 0 Å². The van der Waals surface area contributed by atoms with Crippen molar-refractivity contribution in [1.82, 2.24) is 0 Å². The van der Waals surface area contributed by atoms with Crippen LogP contribution in [0.1, 0.15) is 39.5 Å². The molecule has 0 amide bonds. The second kappa shape index (κ2) is 3.61. The van der Waals surface area contributed by atoms with Gasteiger partial charge in [-0.3, -0.25) is 0 Å². The van der Waals surface area contributed by atoms with Crippen LogP contribution in [0.5, 0.6) is 0 Å². The molecule has 0 radical (unpaired) electrons. The van der Waals surface area contributed by atoms with Crippen LogP contribution in [0, 0.1) is 11.8 Å². The molecule has 0 spiro atoms. The van der Waals surface area contributed by atoms with Crippen molar-refractivity contribution >= 4 is 11.6 Å². The monoisotopic (exact) mass is 160 g/mol. The zero-order chi connectivity index (χ0) is 7.56. The quantitative estimate of drug-likeness (QED) is 0.516. The van der Waals surface area contributed by atoms with Crippen LogP contribution < -0.4 is 0 Å². The summed E-state index contributed by atoms with van der Waals surface area (Å²) in [7, 11) is 0. The van der Waals surface area contributed by atoms with Crippen molar-refractivity contribution < 1.29 is 0 Å². The Bertz CT molecular complexity index is 98.9. The van der Waals surface area contributed by atoms with E-state index in [2.05, 4.69) is 13.8 Å². The standard InChI is InChI=1S/C9H17Cl/c1-7(2)8-5-3-4-6-9(8)10/h7-9H,3-6H2,1-2H3. The molecular weight excluding hydrogens is 144 g/mol. The van der Waals surface area contributed by atoms with E-state index in [1.807, 2.05) is 0 Å². The Morgan fingerprint density at radius 3 is 2.20 bits per heavy atom. The molecule has 0 N–H and O–H groups in total. The Labute approximate surface area is 69.0 Å². The smallest absolute Gasteiger partial charge is 0.0366 e. The molecule has 0 aromatic carbocycles. The first-order valence-corrected chi connectivity index (χ1v) is 4.79. The summed E-state index contributed by atoms with van der Waals surface area (Å²) in [6.07, 6.45) is 5.33. The molecule has 1 aliphatic carbocycles. The zero-order valence-corrected chi connectivity index (χ0v) is 7.69. The Morgan fingerprint density at radius 2 is 1.80 bits per heavy atom. The van der Waals surface area contributed by atoms with E-state index in [4.69, 9.17) is 11.6 Å². The second-order valence-corrected chi connectivity index (χ2v) is 4.27. The summed E-state index contributed by atoms with van der Waals surface area (Å²) in [5.41, 5.74) is 0. The van der Waals surface area contributed by atoms with Gasteiger partial charge in [-0.15, -0.1) is 11.6 Å². The highest BCUT2D eigenvalue weighted by atomic mass is 35.5. The largest absolute Gasteiger partial charge is 0.123 e. The van der Waals surface area contributed by atoms with Crippen LogP contribution in [0.15, 0.2) is 0 Å². The molecule has 0 nitrogen and oxygen atoms in total. The number of halogens is 1. The fourth-order valence-electron chi connectivity index (χ4n) is 1.87. The van der Waals surface area contributed by atoms with E-state index in [0.29, 0.717) is 5.38 Å². The summed E-state index contributed by atoms with van der Waals surface area (Å²) in [6, 6.07) is 0. The zero-order valence-electron chi connectivity index (χ0n) is 6.94. The third-order valence-electron chi connectivity index (χ3n) is 2.59. The predicted molar refractivity (Wildman–Crippen MR) is 46.4 cm³/mol. The first-order chi connectivity index (χ1) is 4.72. The molecular formula is C9H17Cl. The fraction of sp³-hybridized carbons (Fsp3) is 1.00. The number of hydrogen-bond donors (Lipinski definition) is 0. The maximum Gasteiger partial charge on any atom is 0.0366 e. The van der Waals surface area contributed by atoms with E-state index in [1.165, 1.54) is 25.7 Å². The van der Waals surface area contributed by atoms with Crippen LogP contribution in [0.25, 0.3) is 0 Å². The highest BCUT2D eigenvalue weighted by Crippen LogP contribution is 2.33. The maximum absolute atomic E-state index is 6.18. The second-order valence-electron chi connectivity index (χ2n) is 3.71. The maximum atomic E-state index is 6.18. The molecule has 1 fully saturated rings. The molecule has 0 heterocycles. The van der Waals surface area contributed by atoms with Gasteiger partial charge in [-0.1, -0.05) is 26.7 Å². The summed E-state index contributed by atoms with van der Waals surface area (Å²) in [5, 5.41) is 0.466. The first kappa shape index (κ1) is 8.39. The van der Waals surface area contributed by atoms with Crippen LogP contribution in [0.4, 0.5) is 0 Å². The van der Waals surface area contributed by atoms with Gasteiger partial charge in [-0.05, 0) is 24.7 Å². The van der Waals surface area contributed by atoms with Gasteiger partial charge in [0.2, 0.25) is 0 Å². The summed E-state index contributed by atoms with van der Waals surface area (Å²) in [4.78, 5) is 0. The first-order valence-electron chi connectivity index (χ1n) is 4.36. The molecule has 60 valence electrons. The lowest BCUT2D eigenvalue weighted by atomic mass is 9.81. The van der Waals surface area contributed by atoms with Crippen molar-refractivity contribution in [3.63, 3.8) is 0 Å². The van der Waals surface area contributed by atoms with Gasteiger partial charge in [0, 0.05) is 5.38 Å². The van der Waals surface area contributed by atoms with E-state index in [1.54, 1.807) is 0 Å². The van der Waals surface area contributed by atoms with Gasteiger partial charge in [-0.2, -0.15) is 0 Å². The van der Waals surface area contributed by atoms with E-state index < -0.39 is 0 Å². The van der Waals surface area contributed by atoms with Crippen LogP contribution in [-0.4, -0.2) is 5.38 Å². The Morgan fingerprint density at radius 1 is 1.20 bits per heavy atom. The highest BCUT2D eigenvalue weighted by molar-refractivity contribution is 6.20. The molecule has 0 saturated heterocycles. The Balaban J connectivity index is 2.40. The lowest BCUT2D eigenvalue weighted by Crippen LogP contribution is -2.24. The van der Waals surface area contributed by atoms with Gasteiger partial charge in [0.15, 0.2) is 0 Å². The lowest BCUT2D eigenvalue weighted by Gasteiger charge is -2.29. The normalized spacial score (nSPS) is 34.8. The number of hydrogen-bond acceptors (Lipinski definition) is 0. The summed E-state index contributed by atoms with van der Waals surface area (Å²) in [5.74, 6) is 1.57. The minimum absolute atomic E-state index is 0.466. The number of alkyl halides is 1. The lowest BCUT2D eigenvalue weighted by molar-refractivity contribution is 0.285. The van der Waals surface area contributed by atoms with Crippen molar-refractivity contribution in [1.29, 1.82) is 0 Å². The molecule has 0 aromatic heterocycles. The van der Waals surface area contributed by atoms with Crippen LogP contribution in [0.2, 0.25) is 0 Å². The number of rotatable bonds is 1. The Hall–Kier alpha value is 0.290. The van der Waals surface area contributed by atoms with Gasteiger partial charge in [0.1, 0.15) is 0 Å². The summed E-state index contributed by atoms with van der Waals surface area (Å²) >= 11 is 6.18. The van der Waals surface area contributed by atoms with Crippen molar-refractivity contribution in [2.75, 3.05) is 0 Å². The predicted octanol–water partition coefficient (Wildman–Crippen LogP) is 3.44. The van der Waals surface area contributed by atoms with Crippen molar-refractivity contribution in [2.45, 2.75) is 44.9 Å². The minimum atomic E-state index is 0.466. The van der Waals surface area contributed by atoms with Crippen LogP contribution in [0.3, 0.4) is 0 Å². The van der Waals surface area contributed by atoms with E-state index in [-0.39, 0.29) is 0 Å². The molecule has 2 unspecified atom stereocenters. The highest BCUT2D eigenvalue weighted by Gasteiger charge is 2.25. The third kappa shape index (κ3) is 1.88. The molecule has 1 saturated carbocycles.